The maximum atomic E-state index is 13.5. The molecule has 7 heteroatoms. The summed E-state index contributed by atoms with van der Waals surface area (Å²) in [5.41, 5.74) is 0.850. The second-order valence-corrected chi connectivity index (χ2v) is 8.87. The molecule has 3 aromatic rings. The molecule has 2 aliphatic heterocycles. The van der Waals surface area contributed by atoms with Crippen molar-refractivity contribution in [1.29, 1.82) is 0 Å². The van der Waals surface area contributed by atoms with Crippen LogP contribution in [-0.4, -0.2) is 40.4 Å². The molecule has 1 spiro atoms. The Bertz CT molecular complexity index is 1190. The summed E-state index contributed by atoms with van der Waals surface area (Å²) in [6, 6.07) is 23.1. The topological polar surface area (TPSA) is 61.9 Å². The molecular weight excluding hydrogens is 433 g/mol. The quantitative estimate of drug-likeness (QED) is 0.543. The number of carbonyl (C=O) groups is 2. The molecule has 1 N–H and O–H groups in total. The highest BCUT2D eigenvalue weighted by Gasteiger charge is 2.52. The number of hydrogen-bond donors (Lipinski definition) is 1. The third-order valence-electron chi connectivity index (χ3n) is 6.47. The zero-order valence-electron chi connectivity index (χ0n) is 18.7. The van der Waals surface area contributed by atoms with Gasteiger partial charge in [0.15, 0.2) is 0 Å². The summed E-state index contributed by atoms with van der Waals surface area (Å²) in [5.74, 6) is 0.935. The van der Waals surface area contributed by atoms with Crippen LogP contribution in [0.15, 0.2) is 78.9 Å². The van der Waals surface area contributed by atoms with Crippen LogP contribution in [0.2, 0.25) is 0 Å². The zero-order valence-corrected chi connectivity index (χ0v) is 18.7. The summed E-state index contributed by atoms with van der Waals surface area (Å²) in [6.45, 7) is 2.10. The molecule has 6 nitrogen and oxygen atoms in total. The van der Waals surface area contributed by atoms with Gasteiger partial charge in [-0.15, -0.1) is 0 Å². The van der Waals surface area contributed by atoms with E-state index in [1.165, 1.54) is 17.0 Å². The number of halogens is 1. The minimum atomic E-state index is -0.867. The number of urea groups is 1. The number of piperidine rings is 1. The van der Waals surface area contributed by atoms with E-state index in [2.05, 4.69) is 10.2 Å². The van der Waals surface area contributed by atoms with Crippen molar-refractivity contribution >= 4 is 11.9 Å². The van der Waals surface area contributed by atoms with E-state index in [4.69, 9.17) is 4.74 Å². The van der Waals surface area contributed by atoms with Gasteiger partial charge in [-0.2, -0.15) is 0 Å². The molecule has 2 fully saturated rings. The van der Waals surface area contributed by atoms with Gasteiger partial charge in [0.25, 0.3) is 5.91 Å². The first-order chi connectivity index (χ1) is 16.5. The standard InChI is InChI=1S/C27H26FN3O3/c28-22-8-4-6-20(16-22)18-30-14-12-27(13-15-30)25(32)31(26(33)29-27)19-21-7-5-11-24(17-21)34-23-9-2-1-3-10-23/h1-11,16-17H,12-15,18-19H2,(H,29,33). The Labute approximate surface area is 197 Å². The van der Waals surface area contributed by atoms with E-state index < -0.39 is 5.54 Å². The van der Waals surface area contributed by atoms with E-state index in [0.717, 1.165) is 16.9 Å². The van der Waals surface area contributed by atoms with Crippen molar-refractivity contribution in [2.24, 2.45) is 0 Å². The highest BCUT2D eigenvalue weighted by molar-refractivity contribution is 6.07. The molecule has 2 aliphatic rings. The minimum absolute atomic E-state index is 0.183. The Kier molecular flexibility index (Phi) is 6.02. The van der Waals surface area contributed by atoms with E-state index in [-0.39, 0.29) is 24.3 Å². The van der Waals surface area contributed by atoms with Crippen LogP contribution in [0.25, 0.3) is 0 Å². The molecule has 174 valence electrons. The van der Waals surface area contributed by atoms with Crippen LogP contribution in [0.4, 0.5) is 9.18 Å². The largest absolute Gasteiger partial charge is 0.457 e. The summed E-state index contributed by atoms with van der Waals surface area (Å²) < 4.78 is 19.4. The van der Waals surface area contributed by atoms with Crippen molar-refractivity contribution in [3.05, 3.63) is 95.8 Å². The molecule has 2 heterocycles. The fraction of sp³-hybridized carbons (Fsp3) is 0.259. The lowest BCUT2D eigenvalue weighted by Crippen LogP contribution is -2.54. The molecule has 0 radical (unpaired) electrons. The maximum absolute atomic E-state index is 13.5. The maximum Gasteiger partial charge on any atom is 0.325 e. The fourth-order valence-corrected chi connectivity index (χ4v) is 4.66. The Morgan fingerprint density at radius 3 is 2.24 bits per heavy atom. The van der Waals surface area contributed by atoms with Crippen molar-refractivity contribution in [3.63, 3.8) is 0 Å². The monoisotopic (exact) mass is 459 g/mol. The van der Waals surface area contributed by atoms with Crippen LogP contribution in [-0.2, 0) is 17.9 Å². The number of amides is 3. The number of benzene rings is 3. The Morgan fingerprint density at radius 1 is 0.824 bits per heavy atom. The van der Waals surface area contributed by atoms with Crippen molar-refractivity contribution in [3.8, 4) is 11.5 Å². The first-order valence-corrected chi connectivity index (χ1v) is 11.4. The number of nitrogens with zero attached hydrogens (tertiary/aromatic N) is 2. The third kappa shape index (κ3) is 4.65. The molecular formula is C27H26FN3O3. The zero-order chi connectivity index (χ0) is 23.5. The Hall–Kier alpha value is -3.71. The molecule has 0 atom stereocenters. The van der Waals surface area contributed by atoms with Crippen molar-refractivity contribution in [2.45, 2.75) is 31.5 Å². The van der Waals surface area contributed by atoms with Crippen LogP contribution in [0.3, 0.4) is 0 Å². The van der Waals surface area contributed by atoms with Gasteiger partial charge in [0.1, 0.15) is 22.9 Å². The number of nitrogens with one attached hydrogen (secondary N) is 1. The van der Waals surface area contributed by atoms with E-state index in [9.17, 15) is 14.0 Å². The van der Waals surface area contributed by atoms with Crippen molar-refractivity contribution in [2.75, 3.05) is 13.1 Å². The van der Waals surface area contributed by atoms with Gasteiger partial charge < -0.3 is 10.1 Å². The highest BCUT2D eigenvalue weighted by Crippen LogP contribution is 2.31. The number of ether oxygens (including phenoxy) is 1. The van der Waals surface area contributed by atoms with E-state index in [1.807, 2.05) is 60.7 Å². The molecule has 5 rings (SSSR count). The van der Waals surface area contributed by atoms with E-state index in [0.29, 0.717) is 38.2 Å². The normalized spacial score (nSPS) is 17.7. The van der Waals surface area contributed by atoms with Crippen LogP contribution in [0, 0.1) is 5.82 Å². The minimum Gasteiger partial charge on any atom is -0.457 e. The molecule has 2 saturated heterocycles. The number of hydrogen-bond acceptors (Lipinski definition) is 4. The van der Waals surface area contributed by atoms with Gasteiger partial charge in [-0.1, -0.05) is 42.5 Å². The molecule has 0 saturated carbocycles. The average molecular weight is 460 g/mol. The van der Waals surface area contributed by atoms with Crippen LogP contribution >= 0.6 is 0 Å². The van der Waals surface area contributed by atoms with Crippen LogP contribution in [0.1, 0.15) is 24.0 Å². The van der Waals surface area contributed by atoms with Crippen LogP contribution < -0.4 is 10.1 Å². The summed E-state index contributed by atoms with van der Waals surface area (Å²) in [7, 11) is 0. The number of carbonyl (C=O) groups excluding carboxylic acids is 2. The molecule has 0 aromatic heterocycles. The van der Waals surface area contributed by atoms with Gasteiger partial charge in [-0.05, 0) is 60.4 Å². The SMILES string of the molecule is O=C1NC2(CCN(Cc3cccc(F)c3)CC2)C(=O)N1Cc1cccc(Oc2ccccc2)c1. The Balaban J connectivity index is 1.22. The van der Waals surface area contributed by atoms with E-state index in [1.54, 1.807) is 6.07 Å². The van der Waals surface area contributed by atoms with Gasteiger partial charge in [0.2, 0.25) is 0 Å². The highest BCUT2D eigenvalue weighted by atomic mass is 19.1. The van der Waals surface area contributed by atoms with Crippen LogP contribution in [0.5, 0.6) is 11.5 Å². The molecule has 3 aromatic carbocycles. The summed E-state index contributed by atoms with van der Waals surface area (Å²) in [4.78, 5) is 29.6. The number of likely N-dealkylation sites (tertiary alicyclic amines) is 1. The number of rotatable bonds is 6. The molecule has 0 bridgehead atoms. The van der Waals surface area contributed by atoms with Crippen molar-refractivity contribution < 1.29 is 18.7 Å². The van der Waals surface area contributed by atoms with Crippen molar-refractivity contribution in [1.82, 2.24) is 15.1 Å². The lowest BCUT2D eigenvalue weighted by Gasteiger charge is -2.37. The average Bonchev–Trinajstić information content (AvgIpc) is 3.06. The molecule has 0 unspecified atom stereocenters. The molecule has 0 aliphatic carbocycles. The Morgan fingerprint density at radius 2 is 1.50 bits per heavy atom. The second kappa shape index (κ2) is 9.27. The third-order valence-corrected chi connectivity index (χ3v) is 6.47. The van der Waals surface area contributed by atoms with Gasteiger partial charge in [0, 0.05) is 19.6 Å². The summed E-state index contributed by atoms with van der Waals surface area (Å²) >= 11 is 0. The van der Waals surface area contributed by atoms with Gasteiger partial charge in [-0.3, -0.25) is 14.6 Å². The molecule has 3 amide bonds. The first-order valence-electron chi connectivity index (χ1n) is 11.4. The summed E-state index contributed by atoms with van der Waals surface area (Å²) in [6.07, 6.45) is 1.06. The smallest absolute Gasteiger partial charge is 0.325 e. The van der Waals surface area contributed by atoms with Gasteiger partial charge >= 0.3 is 6.03 Å². The van der Waals surface area contributed by atoms with Gasteiger partial charge in [0.05, 0.1) is 6.54 Å². The summed E-state index contributed by atoms with van der Waals surface area (Å²) in [5, 5.41) is 2.96. The van der Waals surface area contributed by atoms with E-state index >= 15 is 0 Å². The number of imide groups is 1. The lowest BCUT2D eigenvalue weighted by atomic mass is 9.87. The lowest BCUT2D eigenvalue weighted by molar-refractivity contribution is -0.133. The first kappa shape index (κ1) is 22.1. The second-order valence-electron chi connectivity index (χ2n) is 8.87. The fourth-order valence-electron chi connectivity index (χ4n) is 4.66. The molecule has 34 heavy (non-hydrogen) atoms. The predicted molar refractivity (Wildman–Crippen MR) is 126 cm³/mol. The number of para-hydroxylation sites is 1. The predicted octanol–water partition coefficient (Wildman–Crippen LogP) is 4.70. The van der Waals surface area contributed by atoms with Gasteiger partial charge in [-0.25, -0.2) is 9.18 Å².